The molecule has 0 aliphatic heterocycles. The van der Waals surface area contributed by atoms with Crippen LogP contribution in [0, 0.1) is 0 Å². The molecule has 1 aromatic heterocycles. The second-order valence-corrected chi connectivity index (χ2v) is 6.28. The lowest BCUT2D eigenvalue weighted by molar-refractivity contribution is 0.0917. The number of ether oxygens (including phenoxy) is 1. The van der Waals surface area contributed by atoms with Crippen LogP contribution >= 0.6 is 11.3 Å². The molecule has 124 valence electrons. The molecule has 1 atom stereocenters. The first-order valence-corrected chi connectivity index (χ1v) is 8.72. The van der Waals surface area contributed by atoms with Gasteiger partial charge in [-0.15, -0.1) is 11.3 Å². The molecule has 0 saturated carbocycles. The quantitative estimate of drug-likeness (QED) is 0.718. The SMILES string of the molecule is CCOc1ccc(C(=O)NCC(O)c2csc3ccccc23)cc1. The van der Waals surface area contributed by atoms with Crippen LogP contribution in [0.5, 0.6) is 5.75 Å². The standard InChI is InChI=1S/C19H19NO3S/c1-2-23-14-9-7-13(8-10-14)19(22)20-11-17(21)16-12-24-18-6-4-3-5-15(16)18/h3-10,12,17,21H,2,11H2,1H3,(H,20,22). The Morgan fingerprint density at radius 2 is 1.96 bits per heavy atom. The van der Waals surface area contributed by atoms with Crippen LogP contribution in [0.25, 0.3) is 10.1 Å². The fourth-order valence-electron chi connectivity index (χ4n) is 2.53. The number of carbonyl (C=O) groups excluding carboxylic acids is 1. The van der Waals surface area contributed by atoms with Gasteiger partial charge in [-0.1, -0.05) is 18.2 Å². The number of rotatable bonds is 6. The van der Waals surface area contributed by atoms with E-state index in [0.717, 1.165) is 21.4 Å². The van der Waals surface area contributed by atoms with Gasteiger partial charge in [-0.3, -0.25) is 4.79 Å². The van der Waals surface area contributed by atoms with Crippen LogP contribution in [-0.4, -0.2) is 24.2 Å². The van der Waals surface area contributed by atoms with Crippen LogP contribution in [0.4, 0.5) is 0 Å². The Labute approximate surface area is 144 Å². The minimum Gasteiger partial charge on any atom is -0.494 e. The van der Waals surface area contributed by atoms with Crippen LogP contribution in [-0.2, 0) is 0 Å². The molecule has 4 nitrogen and oxygen atoms in total. The number of aliphatic hydroxyl groups is 1. The molecule has 1 amide bonds. The van der Waals surface area contributed by atoms with E-state index in [1.54, 1.807) is 35.6 Å². The highest BCUT2D eigenvalue weighted by Crippen LogP contribution is 2.29. The van der Waals surface area contributed by atoms with Crippen molar-refractivity contribution in [1.82, 2.24) is 5.32 Å². The molecule has 5 heteroatoms. The molecule has 24 heavy (non-hydrogen) atoms. The van der Waals surface area contributed by atoms with Crippen molar-refractivity contribution in [3.8, 4) is 5.75 Å². The van der Waals surface area contributed by atoms with E-state index in [-0.39, 0.29) is 12.5 Å². The Hall–Kier alpha value is -2.37. The van der Waals surface area contributed by atoms with Crippen molar-refractivity contribution in [2.75, 3.05) is 13.2 Å². The van der Waals surface area contributed by atoms with Crippen LogP contribution in [0.2, 0.25) is 0 Å². The summed E-state index contributed by atoms with van der Waals surface area (Å²) >= 11 is 1.59. The smallest absolute Gasteiger partial charge is 0.251 e. The fraction of sp³-hybridized carbons (Fsp3) is 0.211. The van der Waals surface area contributed by atoms with Crippen molar-refractivity contribution in [2.24, 2.45) is 0 Å². The Morgan fingerprint density at radius 3 is 2.71 bits per heavy atom. The van der Waals surface area contributed by atoms with Gasteiger partial charge in [-0.05, 0) is 48.0 Å². The summed E-state index contributed by atoms with van der Waals surface area (Å²) in [5.74, 6) is 0.524. The Morgan fingerprint density at radius 1 is 1.21 bits per heavy atom. The lowest BCUT2D eigenvalue weighted by Crippen LogP contribution is -2.28. The van der Waals surface area contributed by atoms with Crippen molar-refractivity contribution in [2.45, 2.75) is 13.0 Å². The first-order valence-electron chi connectivity index (χ1n) is 7.84. The summed E-state index contributed by atoms with van der Waals surface area (Å²) < 4.78 is 6.49. The van der Waals surface area contributed by atoms with E-state index in [0.29, 0.717) is 12.2 Å². The summed E-state index contributed by atoms with van der Waals surface area (Å²) in [6, 6.07) is 14.9. The third-order valence-electron chi connectivity index (χ3n) is 3.75. The molecule has 0 aliphatic carbocycles. The molecule has 1 heterocycles. The van der Waals surface area contributed by atoms with Gasteiger partial charge in [0.2, 0.25) is 0 Å². The molecule has 0 bridgehead atoms. The number of benzene rings is 2. The summed E-state index contributed by atoms with van der Waals surface area (Å²) in [4.78, 5) is 12.2. The van der Waals surface area contributed by atoms with Gasteiger partial charge in [-0.2, -0.15) is 0 Å². The predicted octanol–water partition coefficient (Wildman–Crippen LogP) is 3.76. The number of amides is 1. The maximum Gasteiger partial charge on any atom is 0.251 e. The van der Waals surface area contributed by atoms with Crippen molar-refractivity contribution in [1.29, 1.82) is 0 Å². The van der Waals surface area contributed by atoms with Crippen molar-refractivity contribution >= 4 is 27.3 Å². The lowest BCUT2D eigenvalue weighted by atomic mass is 10.1. The molecule has 0 radical (unpaired) electrons. The van der Waals surface area contributed by atoms with Gasteiger partial charge in [0.25, 0.3) is 5.91 Å². The molecule has 3 rings (SSSR count). The van der Waals surface area contributed by atoms with Crippen molar-refractivity contribution in [3.63, 3.8) is 0 Å². The van der Waals surface area contributed by atoms with E-state index in [2.05, 4.69) is 5.32 Å². The van der Waals surface area contributed by atoms with Crippen molar-refractivity contribution < 1.29 is 14.6 Å². The van der Waals surface area contributed by atoms with Gasteiger partial charge in [0, 0.05) is 22.4 Å². The second kappa shape index (κ2) is 7.47. The molecule has 0 spiro atoms. The molecule has 2 aromatic carbocycles. The molecular formula is C19H19NO3S. The number of fused-ring (bicyclic) bond motifs is 1. The van der Waals surface area contributed by atoms with Gasteiger partial charge in [0.15, 0.2) is 0 Å². The number of nitrogens with one attached hydrogen (secondary N) is 1. The van der Waals surface area contributed by atoms with Crippen LogP contribution in [0.15, 0.2) is 53.9 Å². The third kappa shape index (κ3) is 3.58. The zero-order chi connectivity index (χ0) is 16.9. The topological polar surface area (TPSA) is 58.6 Å². The summed E-state index contributed by atoms with van der Waals surface area (Å²) in [7, 11) is 0. The minimum atomic E-state index is -0.729. The molecular weight excluding hydrogens is 322 g/mol. The van der Waals surface area contributed by atoms with Crippen LogP contribution in [0.1, 0.15) is 28.9 Å². The van der Waals surface area contributed by atoms with E-state index >= 15 is 0 Å². The van der Waals surface area contributed by atoms with Gasteiger partial charge >= 0.3 is 0 Å². The van der Waals surface area contributed by atoms with Gasteiger partial charge in [-0.25, -0.2) is 0 Å². The molecule has 1 unspecified atom stereocenters. The molecule has 0 saturated heterocycles. The normalized spacial score (nSPS) is 12.1. The highest BCUT2D eigenvalue weighted by molar-refractivity contribution is 7.17. The summed E-state index contributed by atoms with van der Waals surface area (Å²) in [5, 5.41) is 16.1. The van der Waals surface area contributed by atoms with E-state index < -0.39 is 6.10 Å². The predicted molar refractivity (Wildman–Crippen MR) is 96.7 cm³/mol. The van der Waals surface area contributed by atoms with Gasteiger partial charge in [0.05, 0.1) is 12.7 Å². The highest BCUT2D eigenvalue weighted by Gasteiger charge is 2.14. The van der Waals surface area contributed by atoms with E-state index in [1.807, 2.05) is 36.6 Å². The zero-order valence-corrected chi connectivity index (χ0v) is 14.2. The minimum absolute atomic E-state index is 0.173. The molecule has 3 aromatic rings. The van der Waals surface area contributed by atoms with Gasteiger partial charge in [0.1, 0.15) is 5.75 Å². The number of carbonyl (C=O) groups is 1. The van der Waals surface area contributed by atoms with Crippen LogP contribution < -0.4 is 10.1 Å². The Kier molecular flexibility index (Phi) is 5.13. The van der Waals surface area contributed by atoms with E-state index in [4.69, 9.17) is 4.74 Å². The monoisotopic (exact) mass is 341 g/mol. The van der Waals surface area contributed by atoms with Gasteiger partial charge < -0.3 is 15.2 Å². The average molecular weight is 341 g/mol. The largest absolute Gasteiger partial charge is 0.494 e. The second-order valence-electron chi connectivity index (χ2n) is 5.37. The first kappa shape index (κ1) is 16.5. The molecule has 0 fully saturated rings. The molecule has 0 aliphatic rings. The first-order chi connectivity index (χ1) is 11.7. The number of hydrogen-bond acceptors (Lipinski definition) is 4. The fourth-order valence-corrected chi connectivity index (χ4v) is 3.53. The Balaban J connectivity index is 1.63. The number of thiophene rings is 1. The number of hydrogen-bond donors (Lipinski definition) is 2. The highest BCUT2D eigenvalue weighted by atomic mass is 32.1. The van der Waals surface area contributed by atoms with Crippen LogP contribution in [0.3, 0.4) is 0 Å². The maximum absolute atomic E-state index is 12.2. The lowest BCUT2D eigenvalue weighted by Gasteiger charge is -2.12. The van der Waals surface area contributed by atoms with Crippen molar-refractivity contribution in [3.05, 3.63) is 65.0 Å². The third-order valence-corrected chi connectivity index (χ3v) is 4.74. The average Bonchev–Trinajstić information content (AvgIpc) is 3.04. The maximum atomic E-state index is 12.2. The number of aliphatic hydroxyl groups excluding tert-OH is 1. The zero-order valence-electron chi connectivity index (χ0n) is 13.4. The molecule has 2 N–H and O–H groups in total. The summed E-state index contributed by atoms with van der Waals surface area (Å²) in [5.41, 5.74) is 1.39. The summed E-state index contributed by atoms with van der Waals surface area (Å²) in [6.07, 6.45) is -0.729. The Bertz CT molecular complexity index is 826. The van der Waals surface area contributed by atoms with E-state index in [9.17, 15) is 9.90 Å². The summed E-state index contributed by atoms with van der Waals surface area (Å²) in [6.45, 7) is 2.68. The van der Waals surface area contributed by atoms with E-state index in [1.165, 1.54) is 0 Å².